The maximum absolute atomic E-state index is 13.1. The van der Waals surface area contributed by atoms with Gasteiger partial charge in [0.25, 0.3) is 0 Å². The fourth-order valence-electron chi connectivity index (χ4n) is 7.69. The highest BCUT2D eigenvalue weighted by atomic mass is 31.1. The molecule has 0 saturated carbocycles. The Morgan fingerprint density at radius 3 is 0.970 bits per heavy atom. The molecular weight excluding hydrogens is 832 g/mol. The van der Waals surface area contributed by atoms with Crippen LogP contribution in [0.25, 0.3) is 11.1 Å². The molecule has 0 unspecified atom stereocenters. The monoisotopic (exact) mass is 890 g/mol. The molecule has 8 aromatic carbocycles. The molecule has 0 saturated heterocycles. The van der Waals surface area contributed by atoms with Crippen molar-refractivity contribution in [1.82, 2.24) is 0 Å². The maximum Gasteiger partial charge on any atom is 0.139 e. The lowest BCUT2D eigenvalue weighted by atomic mass is 9.86. The number of rotatable bonds is 12. The van der Waals surface area contributed by atoms with Crippen molar-refractivity contribution in [1.29, 1.82) is 0 Å². The van der Waals surface area contributed by atoms with Crippen LogP contribution in [-0.2, 0) is 16.2 Å². The molecule has 0 amide bonds. The maximum atomic E-state index is 13.1. The molecule has 0 aliphatic carbocycles. The molecule has 0 radical (unpaired) electrons. The van der Waals surface area contributed by atoms with E-state index in [2.05, 4.69) is 111 Å². The highest BCUT2D eigenvalue weighted by Crippen LogP contribution is 2.53. The van der Waals surface area contributed by atoms with Gasteiger partial charge in [0.15, 0.2) is 0 Å². The minimum absolute atomic E-state index is 0.0379. The number of phenolic OH excluding ortho intramolecular Hbond substituents is 1. The molecule has 6 heteroatoms. The predicted molar refractivity (Wildman–Crippen MR) is 274 cm³/mol. The topological polar surface area (TPSA) is 57.2 Å². The van der Waals surface area contributed by atoms with Gasteiger partial charge in [-0.2, -0.15) is 0 Å². The van der Waals surface area contributed by atoms with Gasteiger partial charge in [0.1, 0.15) is 51.7 Å². The molecule has 0 bridgehead atoms. The van der Waals surface area contributed by atoms with Crippen LogP contribution in [-0.4, -0.2) is 5.11 Å². The lowest BCUT2D eigenvalue weighted by Gasteiger charge is -2.31. The number of phenols is 1. The number of para-hydroxylation sites is 5. The molecule has 8 rings (SSSR count). The Balaban J connectivity index is 1.53. The highest BCUT2D eigenvalue weighted by molar-refractivity contribution is 7.80. The van der Waals surface area contributed by atoms with Crippen LogP contribution < -0.4 is 34.9 Å². The van der Waals surface area contributed by atoms with Gasteiger partial charge in [-0.25, -0.2) is 0 Å². The number of ether oxygens (including phenoxy) is 4. The molecule has 66 heavy (non-hydrogen) atoms. The zero-order chi connectivity index (χ0) is 46.6. The number of hydrogen-bond acceptors (Lipinski definition) is 5. The van der Waals surface area contributed by atoms with Crippen molar-refractivity contribution in [3.05, 3.63) is 205 Å². The van der Waals surface area contributed by atoms with Crippen LogP contribution in [0.2, 0.25) is 0 Å². The van der Waals surface area contributed by atoms with Crippen LogP contribution in [0, 0.1) is 0 Å². The summed E-state index contributed by atoms with van der Waals surface area (Å²) in [5.74, 6) is 5.11. The summed E-state index contributed by atoms with van der Waals surface area (Å²) in [5, 5.41) is 15.2. The molecular formula is C60H59O5P. The third-order valence-corrected chi connectivity index (χ3v) is 14.1. The fraction of sp³-hybridized carbons (Fsp3) is 0.200. The summed E-state index contributed by atoms with van der Waals surface area (Å²) >= 11 is 0. The number of aromatic hydroxyl groups is 1. The second-order valence-electron chi connectivity index (χ2n) is 19.6. The number of benzene rings is 8. The first-order chi connectivity index (χ1) is 31.5. The van der Waals surface area contributed by atoms with E-state index in [1.54, 1.807) is 0 Å². The van der Waals surface area contributed by atoms with Gasteiger partial charge in [0.05, 0.1) is 10.6 Å². The largest absolute Gasteiger partial charge is 0.507 e. The fourth-order valence-corrected chi connectivity index (χ4v) is 10.3. The van der Waals surface area contributed by atoms with E-state index in [0.29, 0.717) is 56.9 Å². The zero-order valence-electron chi connectivity index (χ0n) is 39.4. The SMILES string of the molecule is CC(C)(C)c1ccc(-c2cccc(P(c3c(Oc4ccccc4)cc(C(C)(C)C)cc3Oc3ccccc3)c3c(Oc4ccccc4)cc(C(C)(C)C)cc3Oc3ccccc3)c2O)cc1. The van der Waals surface area contributed by atoms with E-state index in [-0.39, 0.29) is 22.0 Å². The van der Waals surface area contributed by atoms with Crippen LogP contribution in [0.5, 0.6) is 51.7 Å². The Bertz CT molecular complexity index is 2620. The lowest BCUT2D eigenvalue weighted by molar-refractivity contribution is 0.460. The first-order valence-corrected chi connectivity index (χ1v) is 23.9. The second kappa shape index (κ2) is 19.0. The first-order valence-electron chi connectivity index (χ1n) is 22.5. The van der Waals surface area contributed by atoms with E-state index in [9.17, 15) is 5.11 Å². The summed E-state index contributed by atoms with van der Waals surface area (Å²) in [6.45, 7) is 19.7. The highest BCUT2D eigenvalue weighted by Gasteiger charge is 2.37. The smallest absolute Gasteiger partial charge is 0.139 e. The van der Waals surface area contributed by atoms with Gasteiger partial charge in [0.2, 0.25) is 0 Å². The van der Waals surface area contributed by atoms with E-state index in [1.807, 2.05) is 140 Å². The van der Waals surface area contributed by atoms with Crippen LogP contribution >= 0.6 is 7.92 Å². The van der Waals surface area contributed by atoms with Crippen molar-refractivity contribution in [2.45, 2.75) is 78.6 Å². The van der Waals surface area contributed by atoms with E-state index in [0.717, 1.165) is 27.3 Å². The third kappa shape index (κ3) is 10.5. The minimum atomic E-state index is -1.91. The molecule has 0 heterocycles. The van der Waals surface area contributed by atoms with E-state index >= 15 is 0 Å². The van der Waals surface area contributed by atoms with Gasteiger partial charge >= 0.3 is 0 Å². The van der Waals surface area contributed by atoms with Crippen molar-refractivity contribution in [2.24, 2.45) is 0 Å². The quantitative estimate of drug-likeness (QED) is 0.124. The van der Waals surface area contributed by atoms with E-state index < -0.39 is 7.92 Å². The molecule has 0 aliphatic heterocycles. The average Bonchev–Trinajstić information content (AvgIpc) is 3.28. The van der Waals surface area contributed by atoms with Gasteiger partial charge in [-0.05, 0) is 111 Å². The van der Waals surface area contributed by atoms with Crippen molar-refractivity contribution in [3.63, 3.8) is 0 Å². The lowest BCUT2D eigenvalue weighted by Crippen LogP contribution is -2.27. The Hall–Kier alpha value is -6.81. The molecule has 0 fully saturated rings. The van der Waals surface area contributed by atoms with Crippen molar-refractivity contribution in [3.8, 4) is 62.9 Å². The predicted octanol–water partition coefficient (Wildman–Crippen LogP) is 15.9. The van der Waals surface area contributed by atoms with Gasteiger partial charge in [-0.1, -0.05) is 178 Å². The molecule has 0 aromatic heterocycles. The van der Waals surface area contributed by atoms with Gasteiger partial charge in [0, 0.05) is 18.8 Å². The van der Waals surface area contributed by atoms with Crippen LogP contribution in [0.15, 0.2) is 188 Å². The average molecular weight is 891 g/mol. The van der Waals surface area contributed by atoms with Gasteiger partial charge < -0.3 is 24.1 Å². The third-order valence-electron chi connectivity index (χ3n) is 11.5. The van der Waals surface area contributed by atoms with Crippen molar-refractivity contribution >= 4 is 23.8 Å². The standard InChI is InChI=1S/C60H59O5P/c1-58(2,3)42-35-33-41(34-36-42)49-31-22-32-54(55(49)61)66(56-50(62-45-23-14-10-15-24-45)37-43(59(4,5)6)38-51(56)63-46-25-16-11-17-26-46)57-52(64-47-27-18-12-19-28-47)39-44(60(7,8)9)40-53(57)65-48-29-20-13-21-30-48/h10-40,61H,1-9H3. The van der Waals surface area contributed by atoms with Crippen molar-refractivity contribution in [2.75, 3.05) is 0 Å². The minimum Gasteiger partial charge on any atom is -0.507 e. The molecule has 0 spiro atoms. The zero-order valence-corrected chi connectivity index (χ0v) is 40.3. The van der Waals surface area contributed by atoms with Crippen LogP contribution in [0.1, 0.15) is 79.0 Å². The van der Waals surface area contributed by atoms with E-state index in [4.69, 9.17) is 18.9 Å². The van der Waals surface area contributed by atoms with Gasteiger partial charge in [-0.3, -0.25) is 0 Å². The molecule has 0 aliphatic rings. The van der Waals surface area contributed by atoms with E-state index in [1.165, 1.54) is 5.56 Å². The molecule has 8 aromatic rings. The Labute approximate surface area is 392 Å². The molecule has 334 valence electrons. The van der Waals surface area contributed by atoms with Crippen LogP contribution in [0.3, 0.4) is 0 Å². The van der Waals surface area contributed by atoms with Gasteiger partial charge in [-0.15, -0.1) is 0 Å². The van der Waals surface area contributed by atoms with Crippen LogP contribution in [0.4, 0.5) is 0 Å². The molecule has 1 N–H and O–H groups in total. The summed E-state index contributed by atoms with van der Waals surface area (Å²) in [6, 6.07) is 62.3. The summed E-state index contributed by atoms with van der Waals surface area (Å²) in [6.07, 6.45) is 0. The van der Waals surface area contributed by atoms with Crippen molar-refractivity contribution < 1.29 is 24.1 Å². The summed E-state index contributed by atoms with van der Waals surface area (Å²) < 4.78 is 28.5. The first kappa shape index (κ1) is 45.7. The normalized spacial score (nSPS) is 11.9. The Morgan fingerprint density at radius 2 is 0.667 bits per heavy atom. The summed E-state index contributed by atoms with van der Waals surface area (Å²) in [7, 11) is -1.91. The molecule has 5 nitrogen and oxygen atoms in total. The number of hydrogen-bond donors (Lipinski definition) is 1. The Morgan fingerprint density at radius 1 is 0.348 bits per heavy atom. The summed E-state index contributed by atoms with van der Waals surface area (Å²) in [4.78, 5) is 0. The second-order valence-corrected chi connectivity index (χ2v) is 21.7. The molecule has 0 atom stereocenters. The summed E-state index contributed by atoms with van der Waals surface area (Å²) in [5.41, 5.74) is 4.19. The Kier molecular flexibility index (Phi) is 13.1.